The minimum atomic E-state index is -0.343. The van der Waals surface area contributed by atoms with E-state index in [1.54, 1.807) is 13.2 Å². The van der Waals surface area contributed by atoms with Crippen molar-refractivity contribution >= 4 is 11.7 Å². The third kappa shape index (κ3) is 9.74. The van der Waals surface area contributed by atoms with Crippen molar-refractivity contribution in [1.82, 2.24) is 5.32 Å². The third-order valence-corrected chi connectivity index (χ3v) is 4.29. The quantitative estimate of drug-likeness (QED) is 0.102. The molecule has 0 amide bonds. The molecule has 0 aromatic rings. The van der Waals surface area contributed by atoms with Gasteiger partial charge in [0.15, 0.2) is 0 Å². The van der Waals surface area contributed by atoms with Crippen LogP contribution < -0.4 is 11.1 Å². The molecule has 5 N–H and O–H groups in total. The van der Waals surface area contributed by atoms with Crippen molar-refractivity contribution < 1.29 is 14.6 Å². The monoisotopic (exact) mass is 416 g/mol. The van der Waals surface area contributed by atoms with E-state index in [-0.39, 0.29) is 18.5 Å². The van der Waals surface area contributed by atoms with Crippen molar-refractivity contribution in [2.45, 2.75) is 59.5 Å². The van der Waals surface area contributed by atoms with Crippen molar-refractivity contribution in [3.8, 4) is 0 Å². The highest BCUT2D eigenvalue weighted by Crippen LogP contribution is 2.25. The fourth-order valence-electron chi connectivity index (χ4n) is 2.57. The Bertz CT molecular complexity index is 754. The number of hydrogen-bond donors (Lipinski definition) is 4. The maximum atomic E-state index is 9.39. The fourth-order valence-corrected chi connectivity index (χ4v) is 2.57. The number of allylic oxidation sites excluding steroid dienone is 4. The Morgan fingerprint density at radius 2 is 2.20 bits per heavy atom. The SMILES string of the molecule is CC/C=C\C=C=C1N=C(N)C(C)=C(NC(=N)COCC)C/C1=C\OCCCC(C)O. The Hall–Kier alpha value is -2.60. The molecule has 1 rings (SSSR count). The van der Waals surface area contributed by atoms with Crippen LogP contribution in [0.4, 0.5) is 0 Å². The molecule has 30 heavy (non-hydrogen) atoms. The van der Waals surface area contributed by atoms with Gasteiger partial charge in [0, 0.05) is 29.9 Å². The Balaban J connectivity index is 3.12. The number of ether oxygens (including phenoxy) is 2. The second kappa shape index (κ2) is 14.4. The zero-order valence-electron chi connectivity index (χ0n) is 18.6. The molecule has 1 aliphatic heterocycles. The number of rotatable bonds is 11. The first-order valence-corrected chi connectivity index (χ1v) is 10.5. The van der Waals surface area contributed by atoms with Gasteiger partial charge in [-0.3, -0.25) is 5.41 Å². The van der Waals surface area contributed by atoms with Gasteiger partial charge in [0.05, 0.1) is 19.0 Å². The van der Waals surface area contributed by atoms with Crippen LogP contribution in [0.1, 0.15) is 53.4 Å². The Kier molecular flexibility index (Phi) is 12.2. The summed E-state index contributed by atoms with van der Waals surface area (Å²) in [7, 11) is 0. The predicted octanol–water partition coefficient (Wildman–Crippen LogP) is 3.69. The molecule has 0 aliphatic carbocycles. The molecule has 0 fully saturated rings. The predicted molar refractivity (Wildman–Crippen MR) is 122 cm³/mol. The largest absolute Gasteiger partial charge is 0.501 e. The topological polar surface area (TPSA) is 113 Å². The lowest BCUT2D eigenvalue weighted by atomic mass is 10.1. The molecule has 1 heterocycles. The van der Waals surface area contributed by atoms with Gasteiger partial charge < -0.3 is 25.6 Å². The van der Waals surface area contributed by atoms with Crippen LogP contribution in [-0.4, -0.2) is 42.7 Å². The van der Waals surface area contributed by atoms with E-state index in [0.717, 1.165) is 29.7 Å². The number of nitrogens with zero attached hydrogens (tertiary/aromatic N) is 1. The average Bonchev–Trinajstić information content (AvgIpc) is 2.81. The van der Waals surface area contributed by atoms with Crippen molar-refractivity contribution in [2.75, 3.05) is 19.8 Å². The minimum absolute atomic E-state index is 0.198. The summed E-state index contributed by atoms with van der Waals surface area (Å²) in [5.74, 6) is 0.625. The van der Waals surface area contributed by atoms with Gasteiger partial charge in [0.25, 0.3) is 0 Å². The van der Waals surface area contributed by atoms with E-state index in [9.17, 15) is 5.11 Å². The van der Waals surface area contributed by atoms with Gasteiger partial charge in [-0.05, 0) is 46.1 Å². The summed E-state index contributed by atoms with van der Waals surface area (Å²) >= 11 is 0. The first-order valence-electron chi connectivity index (χ1n) is 10.5. The molecule has 0 aromatic carbocycles. The molecule has 0 saturated heterocycles. The summed E-state index contributed by atoms with van der Waals surface area (Å²) in [6, 6.07) is 0. The summed E-state index contributed by atoms with van der Waals surface area (Å²) in [6.45, 7) is 8.82. The van der Waals surface area contributed by atoms with Crippen LogP contribution in [0.3, 0.4) is 0 Å². The molecular weight excluding hydrogens is 380 g/mol. The van der Waals surface area contributed by atoms with Crippen LogP contribution >= 0.6 is 0 Å². The molecule has 1 aliphatic rings. The number of amidine groups is 2. The lowest BCUT2D eigenvalue weighted by Gasteiger charge is -2.14. The van der Waals surface area contributed by atoms with E-state index in [4.69, 9.17) is 20.6 Å². The van der Waals surface area contributed by atoms with Gasteiger partial charge in [-0.2, -0.15) is 0 Å². The van der Waals surface area contributed by atoms with Gasteiger partial charge in [0.2, 0.25) is 0 Å². The van der Waals surface area contributed by atoms with Crippen molar-refractivity contribution in [3.05, 3.63) is 52.8 Å². The first kappa shape index (κ1) is 25.4. The number of hydrogen-bond acceptors (Lipinski definition) is 6. The Morgan fingerprint density at radius 1 is 1.43 bits per heavy atom. The van der Waals surface area contributed by atoms with E-state index in [1.807, 2.05) is 32.1 Å². The molecule has 7 heteroatoms. The van der Waals surface area contributed by atoms with Crippen molar-refractivity contribution in [3.63, 3.8) is 0 Å². The molecule has 0 aromatic heterocycles. The maximum Gasteiger partial charge on any atom is 0.129 e. The van der Waals surface area contributed by atoms with Gasteiger partial charge in [-0.25, -0.2) is 4.99 Å². The highest BCUT2D eigenvalue weighted by molar-refractivity contribution is 5.99. The minimum Gasteiger partial charge on any atom is -0.501 e. The third-order valence-electron chi connectivity index (χ3n) is 4.29. The second-order valence-corrected chi connectivity index (χ2v) is 7.02. The van der Waals surface area contributed by atoms with Crippen molar-refractivity contribution in [2.24, 2.45) is 10.7 Å². The molecule has 0 spiro atoms. The second-order valence-electron chi connectivity index (χ2n) is 7.02. The van der Waals surface area contributed by atoms with Gasteiger partial charge >= 0.3 is 0 Å². The zero-order valence-corrected chi connectivity index (χ0v) is 18.6. The van der Waals surface area contributed by atoms with Gasteiger partial charge in [0.1, 0.15) is 24.0 Å². The molecule has 0 radical (unpaired) electrons. The molecular formula is C23H36N4O3. The first-order chi connectivity index (χ1) is 14.4. The van der Waals surface area contributed by atoms with E-state index < -0.39 is 0 Å². The number of nitrogens with one attached hydrogen (secondary N) is 2. The van der Waals surface area contributed by atoms with Crippen LogP contribution in [0.25, 0.3) is 0 Å². The molecule has 166 valence electrons. The number of aliphatic hydroxyl groups excluding tert-OH is 1. The van der Waals surface area contributed by atoms with E-state index >= 15 is 0 Å². The lowest BCUT2D eigenvalue weighted by molar-refractivity contribution is 0.161. The average molecular weight is 417 g/mol. The summed E-state index contributed by atoms with van der Waals surface area (Å²) in [4.78, 5) is 4.53. The Morgan fingerprint density at radius 3 is 2.87 bits per heavy atom. The molecule has 0 saturated carbocycles. The summed E-state index contributed by atoms with van der Waals surface area (Å²) in [6.07, 6.45) is 9.91. The number of aliphatic hydroxyl groups is 1. The highest BCUT2D eigenvalue weighted by Gasteiger charge is 2.18. The fraction of sp³-hybridized carbons (Fsp3) is 0.522. The summed E-state index contributed by atoms with van der Waals surface area (Å²) in [5.41, 5.74) is 12.3. The van der Waals surface area contributed by atoms with Gasteiger partial charge in [-0.1, -0.05) is 24.8 Å². The van der Waals surface area contributed by atoms with Crippen molar-refractivity contribution in [1.29, 1.82) is 5.41 Å². The molecule has 1 atom stereocenters. The molecule has 0 bridgehead atoms. The number of nitrogens with two attached hydrogens (primary N) is 1. The van der Waals surface area contributed by atoms with Crippen LogP contribution in [-0.2, 0) is 9.47 Å². The molecule has 7 nitrogen and oxygen atoms in total. The van der Waals surface area contributed by atoms with Crippen LogP contribution in [0.2, 0.25) is 0 Å². The van der Waals surface area contributed by atoms with Gasteiger partial charge in [-0.15, -0.1) is 0 Å². The zero-order chi connectivity index (χ0) is 22.4. The summed E-state index contributed by atoms with van der Waals surface area (Å²) in [5, 5.41) is 20.6. The van der Waals surface area contributed by atoms with Crippen LogP contribution in [0, 0.1) is 5.41 Å². The highest BCUT2D eigenvalue weighted by atomic mass is 16.5. The van der Waals surface area contributed by atoms with E-state index in [1.165, 1.54) is 0 Å². The van der Waals surface area contributed by atoms with E-state index in [0.29, 0.717) is 37.6 Å². The number of aliphatic imine (C=N–C) groups is 1. The Labute approximate surface area is 180 Å². The van der Waals surface area contributed by atoms with Crippen LogP contribution in [0.5, 0.6) is 0 Å². The summed E-state index contributed by atoms with van der Waals surface area (Å²) < 4.78 is 11.0. The smallest absolute Gasteiger partial charge is 0.129 e. The molecule has 1 unspecified atom stereocenters. The standard InChI is InChI=1S/C23H36N4O3/c1-5-7-8-9-12-20-19(15-30-13-10-11-17(3)28)14-21(18(4)23(25)27-20)26-22(24)16-29-6-2/h7-9,15,17,28H,5-6,10-11,13-14,16H2,1-4H3,(H2,24,26)(H2,25,27)/b8-7-,19-15+. The van der Waals surface area contributed by atoms with Crippen LogP contribution in [0.15, 0.2) is 57.8 Å². The van der Waals surface area contributed by atoms with E-state index in [2.05, 4.69) is 23.0 Å². The normalized spacial score (nSPS) is 16.9. The maximum absolute atomic E-state index is 9.39. The lowest BCUT2D eigenvalue weighted by Crippen LogP contribution is -2.29.